The molecule has 0 aromatic heterocycles. The van der Waals surface area contributed by atoms with E-state index in [0.717, 1.165) is 57.7 Å². The summed E-state index contributed by atoms with van der Waals surface area (Å²) in [6.45, 7) is 4.96. The van der Waals surface area contributed by atoms with Crippen molar-refractivity contribution in [3.63, 3.8) is 0 Å². The number of piperazine rings is 1. The van der Waals surface area contributed by atoms with Crippen molar-refractivity contribution in [2.75, 3.05) is 44.2 Å². The number of carboxylic acids is 2. The van der Waals surface area contributed by atoms with E-state index in [9.17, 15) is 29.4 Å². The number of fused-ring (bicyclic) bond motifs is 1. The third-order valence-electron chi connectivity index (χ3n) is 8.67. The molecule has 0 bridgehead atoms. The van der Waals surface area contributed by atoms with Crippen molar-refractivity contribution in [1.82, 2.24) is 9.80 Å². The van der Waals surface area contributed by atoms with Gasteiger partial charge < -0.3 is 30.1 Å². The van der Waals surface area contributed by atoms with Crippen LogP contribution in [0.2, 0.25) is 0 Å². The Morgan fingerprint density at radius 1 is 0.810 bits per heavy atom. The summed E-state index contributed by atoms with van der Waals surface area (Å²) in [7, 11) is 0. The van der Waals surface area contributed by atoms with E-state index in [-0.39, 0.29) is 37.5 Å². The van der Waals surface area contributed by atoms with Crippen LogP contribution in [0, 0.1) is 11.8 Å². The molecule has 2 aliphatic heterocycles. The number of rotatable bonds is 10. The number of imide groups is 1. The number of anilines is 1. The second-order valence-corrected chi connectivity index (χ2v) is 11.6. The second kappa shape index (κ2) is 14.8. The van der Waals surface area contributed by atoms with Crippen LogP contribution in [0.3, 0.4) is 0 Å². The second-order valence-electron chi connectivity index (χ2n) is 11.6. The summed E-state index contributed by atoms with van der Waals surface area (Å²) in [5.41, 5.74) is 1.18. The van der Waals surface area contributed by atoms with Crippen molar-refractivity contribution in [1.29, 1.82) is 0 Å². The van der Waals surface area contributed by atoms with Crippen LogP contribution in [0.25, 0.3) is 0 Å². The van der Waals surface area contributed by atoms with Crippen LogP contribution in [-0.2, 0) is 19.2 Å². The molecule has 0 radical (unpaired) electrons. The van der Waals surface area contributed by atoms with Crippen molar-refractivity contribution in [3.05, 3.63) is 24.3 Å². The SMILES string of the molecule is O=C(O)CCC(=O)O.O=C1C2CC(O)C(O)CC2C(=O)N1CCCN1CCN(c2ccccc2OC2CCCC2)CC1. The maximum Gasteiger partial charge on any atom is 0.303 e. The number of carbonyl (C=O) groups is 4. The average molecular weight is 590 g/mol. The van der Waals surface area contributed by atoms with Crippen LogP contribution >= 0.6 is 0 Å². The van der Waals surface area contributed by atoms with Crippen LogP contribution in [0.15, 0.2) is 24.3 Å². The topological polar surface area (TPSA) is 168 Å². The minimum Gasteiger partial charge on any atom is -0.488 e. The van der Waals surface area contributed by atoms with Gasteiger partial charge in [-0.25, -0.2) is 0 Å². The molecule has 1 aromatic carbocycles. The van der Waals surface area contributed by atoms with Crippen LogP contribution in [0.1, 0.15) is 57.8 Å². The fraction of sp³-hybridized carbons (Fsp3) is 0.667. The number of carbonyl (C=O) groups excluding carboxylic acids is 2. The molecule has 2 heterocycles. The lowest BCUT2D eigenvalue weighted by Gasteiger charge is -2.37. The standard InChI is InChI=1S/C26H37N3O5.C4H6O4/c30-22-16-19-20(17-23(22)31)26(33)29(25(19)32)11-5-10-27-12-14-28(15-13-27)21-8-3-4-9-24(21)34-18-6-1-2-7-18;5-3(6)1-2-4(7)8/h3-4,8-9,18-20,22-23,30-31H,1-2,5-7,10-17H2;1-2H2,(H,5,6)(H,7,8). The molecule has 5 rings (SSSR count). The summed E-state index contributed by atoms with van der Waals surface area (Å²) in [5.74, 6) is -2.46. The third kappa shape index (κ3) is 8.20. The minimum atomic E-state index is -1.08. The molecular formula is C30H43N3O9. The molecule has 2 aliphatic carbocycles. The molecule has 12 nitrogen and oxygen atoms in total. The number of para-hydroxylation sites is 2. The van der Waals surface area contributed by atoms with Gasteiger partial charge in [-0.05, 0) is 63.6 Å². The number of hydrogen-bond donors (Lipinski definition) is 4. The summed E-state index contributed by atoms with van der Waals surface area (Å²) in [6.07, 6.45) is 3.83. The van der Waals surface area contributed by atoms with Gasteiger partial charge in [0.05, 0.1) is 48.7 Å². The van der Waals surface area contributed by atoms with Gasteiger partial charge in [0, 0.05) is 32.7 Å². The van der Waals surface area contributed by atoms with Crippen molar-refractivity contribution in [2.45, 2.75) is 76.1 Å². The number of hydrogen-bond acceptors (Lipinski definition) is 9. The van der Waals surface area contributed by atoms with Gasteiger partial charge in [0.2, 0.25) is 11.8 Å². The fourth-order valence-electron chi connectivity index (χ4n) is 6.32. The van der Waals surface area contributed by atoms with Crippen LogP contribution in [-0.4, -0.2) is 112 Å². The number of aliphatic carboxylic acids is 2. The van der Waals surface area contributed by atoms with E-state index in [1.54, 1.807) is 0 Å². The Kier molecular flexibility index (Phi) is 11.2. The van der Waals surface area contributed by atoms with Gasteiger partial charge in [-0.3, -0.25) is 29.0 Å². The van der Waals surface area contributed by atoms with Crippen LogP contribution < -0.4 is 9.64 Å². The Bertz CT molecular complexity index is 1060. The summed E-state index contributed by atoms with van der Waals surface area (Å²) in [4.78, 5) is 50.9. The first-order valence-electron chi connectivity index (χ1n) is 15.0. The largest absolute Gasteiger partial charge is 0.488 e. The van der Waals surface area contributed by atoms with Gasteiger partial charge in [0.25, 0.3) is 0 Å². The van der Waals surface area contributed by atoms with Gasteiger partial charge in [0.1, 0.15) is 5.75 Å². The Morgan fingerprint density at radius 3 is 1.90 bits per heavy atom. The predicted octanol–water partition coefficient (Wildman–Crippen LogP) is 1.57. The zero-order valence-electron chi connectivity index (χ0n) is 24.0. The van der Waals surface area contributed by atoms with Crippen molar-refractivity contribution < 1.29 is 44.3 Å². The molecule has 2 saturated heterocycles. The molecule has 42 heavy (non-hydrogen) atoms. The highest BCUT2D eigenvalue weighted by Crippen LogP contribution is 2.38. The number of carboxylic acid groups (broad SMARTS) is 2. The van der Waals surface area contributed by atoms with Gasteiger partial charge in [-0.1, -0.05) is 12.1 Å². The lowest BCUT2D eigenvalue weighted by molar-refractivity contribution is -0.143. The molecule has 4 aliphatic rings. The highest BCUT2D eigenvalue weighted by Gasteiger charge is 2.51. The predicted molar refractivity (Wildman–Crippen MR) is 152 cm³/mol. The lowest BCUT2D eigenvalue weighted by atomic mass is 9.78. The smallest absolute Gasteiger partial charge is 0.303 e. The van der Waals surface area contributed by atoms with Gasteiger partial charge >= 0.3 is 11.9 Å². The molecule has 1 aromatic rings. The van der Waals surface area contributed by atoms with E-state index in [2.05, 4.69) is 28.0 Å². The molecule has 4 fully saturated rings. The zero-order valence-corrected chi connectivity index (χ0v) is 24.0. The van der Waals surface area contributed by atoms with Crippen LogP contribution in [0.5, 0.6) is 5.75 Å². The molecule has 0 spiro atoms. The Morgan fingerprint density at radius 2 is 1.36 bits per heavy atom. The summed E-state index contributed by atoms with van der Waals surface area (Å²) in [6, 6.07) is 8.35. The van der Waals surface area contributed by atoms with Gasteiger partial charge in [0.15, 0.2) is 0 Å². The van der Waals surface area contributed by atoms with Crippen LogP contribution in [0.4, 0.5) is 5.69 Å². The molecule has 12 heteroatoms. The minimum absolute atomic E-state index is 0.176. The third-order valence-corrected chi connectivity index (χ3v) is 8.67. The number of benzene rings is 1. The number of aliphatic hydroxyl groups is 2. The molecular weight excluding hydrogens is 546 g/mol. The lowest BCUT2D eigenvalue weighted by Crippen LogP contribution is -2.47. The van der Waals surface area contributed by atoms with Crippen molar-refractivity contribution in [2.24, 2.45) is 11.8 Å². The number of amides is 2. The van der Waals surface area contributed by atoms with E-state index in [0.29, 0.717) is 12.6 Å². The summed E-state index contributed by atoms with van der Waals surface area (Å²) in [5, 5.41) is 35.6. The summed E-state index contributed by atoms with van der Waals surface area (Å²) >= 11 is 0. The monoisotopic (exact) mass is 589 g/mol. The maximum absolute atomic E-state index is 12.7. The molecule has 2 amide bonds. The van der Waals surface area contributed by atoms with Crippen molar-refractivity contribution in [3.8, 4) is 5.75 Å². The molecule has 4 N–H and O–H groups in total. The van der Waals surface area contributed by atoms with Crippen molar-refractivity contribution >= 4 is 29.4 Å². The quantitative estimate of drug-likeness (QED) is 0.292. The normalized spacial score (nSPS) is 26.5. The molecule has 4 unspecified atom stereocenters. The first-order valence-corrected chi connectivity index (χ1v) is 15.0. The fourth-order valence-corrected chi connectivity index (χ4v) is 6.32. The summed E-state index contributed by atoms with van der Waals surface area (Å²) < 4.78 is 6.33. The van der Waals surface area contributed by atoms with Gasteiger partial charge in [-0.15, -0.1) is 0 Å². The number of nitrogens with zero attached hydrogens (tertiary/aromatic N) is 3. The Hall–Kier alpha value is -3.22. The Balaban J connectivity index is 0.000000446. The number of aliphatic hydroxyl groups excluding tert-OH is 2. The van der Waals surface area contributed by atoms with E-state index in [1.165, 1.54) is 23.4 Å². The first-order chi connectivity index (χ1) is 20.1. The molecule has 232 valence electrons. The highest BCUT2D eigenvalue weighted by atomic mass is 16.5. The maximum atomic E-state index is 12.7. The van der Waals surface area contributed by atoms with E-state index in [1.807, 2.05) is 6.07 Å². The van der Waals surface area contributed by atoms with E-state index < -0.39 is 36.0 Å². The number of likely N-dealkylation sites (tertiary alicyclic amines) is 1. The average Bonchev–Trinajstić information content (AvgIpc) is 3.56. The van der Waals surface area contributed by atoms with Gasteiger partial charge in [-0.2, -0.15) is 0 Å². The molecule has 2 saturated carbocycles. The first kappa shape index (κ1) is 31.7. The van der Waals surface area contributed by atoms with E-state index in [4.69, 9.17) is 14.9 Å². The Labute approximate surface area is 245 Å². The highest BCUT2D eigenvalue weighted by molar-refractivity contribution is 6.05. The van der Waals surface area contributed by atoms with E-state index >= 15 is 0 Å². The molecule has 4 atom stereocenters. The number of ether oxygens (including phenoxy) is 1. The zero-order chi connectivity index (χ0) is 30.2.